The van der Waals surface area contributed by atoms with Gasteiger partial charge in [-0.15, -0.1) is 0 Å². The van der Waals surface area contributed by atoms with Crippen molar-refractivity contribution in [1.29, 1.82) is 0 Å². The van der Waals surface area contributed by atoms with E-state index < -0.39 is 11.6 Å². The Labute approximate surface area is 86.5 Å². The van der Waals surface area contributed by atoms with Gasteiger partial charge in [-0.2, -0.15) is 13.2 Å². The second kappa shape index (κ2) is 3.43. The van der Waals surface area contributed by atoms with Crippen LogP contribution >= 0.6 is 0 Å². The average Bonchev–Trinajstić information content (AvgIpc) is 2.07. The largest absolute Gasteiger partial charge is 0.508 e. The van der Waals surface area contributed by atoms with Gasteiger partial charge < -0.3 is 5.11 Å². The van der Waals surface area contributed by atoms with Crippen LogP contribution in [0.3, 0.4) is 0 Å². The van der Waals surface area contributed by atoms with E-state index in [4.69, 9.17) is 0 Å². The highest BCUT2D eigenvalue weighted by atomic mass is 19.4. The van der Waals surface area contributed by atoms with Crippen molar-refractivity contribution in [2.45, 2.75) is 32.4 Å². The van der Waals surface area contributed by atoms with E-state index >= 15 is 0 Å². The first kappa shape index (κ1) is 11.9. The molecule has 0 radical (unpaired) electrons. The smallest absolute Gasteiger partial charge is 0.397 e. The minimum absolute atomic E-state index is 0.0109. The zero-order chi connectivity index (χ0) is 11.9. The van der Waals surface area contributed by atoms with Gasteiger partial charge in [-0.3, -0.25) is 0 Å². The molecule has 0 aliphatic rings. The third kappa shape index (κ3) is 2.08. The Morgan fingerprint density at radius 2 is 1.67 bits per heavy atom. The predicted molar refractivity (Wildman–Crippen MR) is 51.9 cm³/mol. The van der Waals surface area contributed by atoms with Crippen molar-refractivity contribution < 1.29 is 18.3 Å². The summed E-state index contributed by atoms with van der Waals surface area (Å²) in [5, 5.41) is 9.23. The van der Waals surface area contributed by atoms with Crippen LogP contribution in [-0.4, -0.2) is 11.3 Å². The van der Waals surface area contributed by atoms with Gasteiger partial charge in [0.25, 0.3) is 0 Å². The molecule has 0 unspecified atom stereocenters. The van der Waals surface area contributed by atoms with Gasteiger partial charge >= 0.3 is 6.18 Å². The van der Waals surface area contributed by atoms with E-state index in [1.165, 1.54) is 18.2 Å². The fourth-order valence-electron chi connectivity index (χ4n) is 1.21. The van der Waals surface area contributed by atoms with Crippen molar-refractivity contribution in [3.05, 3.63) is 29.3 Å². The van der Waals surface area contributed by atoms with Gasteiger partial charge in [0.1, 0.15) is 5.75 Å². The van der Waals surface area contributed by atoms with Crippen molar-refractivity contribution in [3.63, 3.8) is 0 Å². The Kier molecular flexibility index (Phi) is 2.72. The number of phenols is 1. The van der Waals surface area contributed by atoms with Crippen molar-refractivity contribution in [3.8, 4) is 5.75 Å². The molecule has 1 N–H and O–H groups in total. The van der Waals surface area contributed by atoms with Crippen molar-refractivity contribution in [2.75, 3.05) is 0 Å². The summed E-state index contributed by atoms with van der Waals surface area (Å²) < 4.78 is 38.1. The normalized spacial score (nSPS) is 12.9. The Balaban J connectivity index is 3.22. The highest BCUT2D eigenvalue weighted by molar-refractivity contribution is 5.38. The lowest BCUT2D eigenvalue weighted by atomic mass is 9.83. The van der Waals surface area contributed by atoms with E-state index in [1.54, 1.807) is 6.92 Å². The second-order valence-corrected chi connectivity index (χ2v) is 4.12. The standard InChI is InChI=1S/C11H13F3O/c1-7-6-8(4-5-9(7)15)10(2,3)11(12,13)14/h4-6,15H,1-3H3. The molecule has 0 aromatic heterocycles. The van der Waals surface area contributed by atoms with Crippen molar-refractivity contribution >= 4 is 0 Å². The third-order valence-electron chi connectivity index (χ3n) is 2.63. The summed E-state index contributed by atoms with van der Waals surface area (Å²) in [5.41, 5.74) is -1.29. The molecule has 4 heteroatoms. The zero-order valence-corrected chi connectivity index (χ0v) is 8.81. The molecule has 84 valence electrons. The van der Waals surface area contributed by atoms with Crippen LogP contribution in [0.5, 0.6) is 5.75 Å². The maximum absolute atomic E-state index is 12.7. The topological polar surface area (TPSA) is 20.2 Å². The molecule has 0 aliphatic carbocycles. The molecule has 1 aromatic carbocycles. The minimum atomic E-state index is -4.30. The number of alkyl halides is 3. The van der Waals surface area contributed by atoms with Gasteiger partial charge in [0, 0.05) is 0 Å². The van der Waals surface area contributed by atoms with E-state index in [9.17, 15) is 18.3 Å². The lowest BCUT2D eigenvalue weighted by Crippen LogP contribution is -2.36. The summed E-state index contributed by atoms with van der Waals surface area (Å²) >= 11 is 0. The highest BCUT2D eigenvalue weighted by Crippen LogP contribution is 2.41. The number of rotatable bonds is 1. The predicted octanol–water partition coefficient (Wildman–Crippen LogP) is 3.54. The lowest BCUT2D eigenvalue weighted by Gasteiger charge is -2.28. The highest BCUT2D eigenvalue weighted by Gasteiger charge is 2.48. The van der Waals surface area contributed by atoms with Crippen LogP contribution in [0.25, 0.3) is 0 Å². The van der Waals surface area contributed by atoms with E-state index in [1.807, 2.05) is 0 Å². The van der Waals surface area contributed by atoms with Crippen LogP contribution in [0.1, 0.15) is 25.0 Å². The fourth-order valence-corrected chi connectivity index (χ4v) is 1.21. The van der Waals surface area contributed by atoms with Gasteiger partial charge in [-0.05, 0) is 38.0 Å². The Hall–Kier alpha value is -1.19. The number of aromatic hydroxyl groups is 1. The molecular weight excluding hydrogens is 205 g/mol. The molecule has 1 rings (SSSR count). The van der Waals surface area contributed by atoms with Gasteiger partial charge in [0.05, 0.1) is 5.41 Å². The Morgan fingerprint density at radius 1 is 1.13 bits per heavy atom. The summed E-state index contributed by atoms with van der Waals surface area (Å²) in [6.45, 7) is 3.82. The molecule has 0 aliphatic heterocycles. The van der Waals surface area contributed by atoms with Gasteiger partial charge in [-0.25, -0.2) is 0 Å². The molecule has 0 heterocycles. The minimum Gasteiger partial charge on any atom is -0.508 e. The summed E-state index contributed by atoms with van der Waals surface area (Å²) in [7, 11) is 0. The Bertz CT molecular complexity index is 367. The number of phenolic OH excluding ortho intramolecular Hbond substituents is 1. The van der Waals surface area contributed by atoms with Crippen LogP contribution in [0.2, 0.25) is 0 Å². The fraction of sp³-hybridized carbons (Fsp3) is 0.455. The molecule has 0 saturated carbocycles. The number of hydrogen-bond donors (Lipinski definition) is 1. The van der Waals surface area contributed by atoms with Crippen LogP contribution in [0, 0.1) is 6.92 Å². The average molecular weight is 218 g/mol. The van der Waals surface area contributed by atoms with Crippen molar-refractivity contribution in [2.24, 2.45) is 0 Å². The molecule has 15 heavy (non-hydrogen) atoms. The molecule has 0 spiro atoms. The summed E-state index contributed by atoms with van der Waals surface area (Å²) in [4.78, 5) is 0. The quantitative estimate of drug-likeness (QED) is 0.764. The van der Waals surface area contributed by atoms with E-state index in [-0.39, 0.29) is 11.3 Å². The maximum Gasteiger partial charge on any atom is 0.397 e. The number of aryl methyl sites for hydroxylation is 1. The second-order valence-electron chi connectivity index (χ2n) is 4.12. The molecule has 0 saturated heterocycles. The third-order valence-corrected chi connectivity index (χ3v) is 2.63. The van der Waals surface area contributed by atoms with E-state index in [0.29, 0.717) is 5.56 Å². The molecular formula is C11H13F3O. The number of hydrogen-bond acceptors (Lipinski definition) is 1. The Morgan fingerprint density at radius 3 is 2.07 bits per heavy atom. The SMILES string of the molecule is Cc1cc(C(C)(C)C(F)(F)F)ccc1O. The summed E-state index contributed by atoms with van der Waals surface area (Å²) in [6, 6.07) is 3.96. The molecule has 0 atom stereocenters. The van der Waals surface area contributed by atoms with Crippen LogP contribution in [-0.2, 0) is 5.41 Å². The summed E-state index contributed by atoms with van der Waals surface area (Å²) in [6.07, 6.45) is -4.30. The summed E-state index contributed by atoms with van der Waals surface area (Å²) in [5.74, 6) is 0.0109. The maximum atomic E-state index is 12.7. The van der Waals surface area contributed by atoms with E-state index in [0.717, 1.165) is 13.8 Å². The molecule has 0 amide bonds. The number of halogens is 3. The molecule has 1 aromatic rings. The first-order valence-electron chi connectivity index (χ1n) is 4.53. The van der Waals surface area contributed by atoms with Gasteiger partial charge in [-0.1, -0.05) is 12.1 Å². The van der Waals surface area contributed by atoms with Crippen molar-refractivity contribution in [1.82, 2.24) is 0 Å². The molecule has 0 bridgehead atoms. The van der Waals surface area contributed by atoms with Gasteiger partial charge in [0.2, 0.25) is 0 Å². The number of benzene rings is 1. The monoisotopic (exact) mass is 218 g/mol. The van der Waals surface area contributed by atoms with Crippen LogP contribution in [0.15, 0.2) is 18.2 Å². The molecule has 1 nitrogen and oxygen atoms in total. The first-order valence-corrected chi connectivity index (χ1v) is 4.53. The first-order chi connectivity index (χ1) is 6.66. The zero-order valence-electron chi connectivity index (χ0n) is 8.81. The van der Waals surface area contributed by atoms with Gasteiger partial charge in [0.15, 0.2) is 0 Å². The van der Waals surface area contributed by atoms with Crippen LogP contribution in [0.4, 0.5) is 13.2 Å². The lowest BCUT2D eigenvalue weighted by molar-refractivity contribution is -0.180. The van der Waals surface area contributed by atoms with Crippen LogP contribution < -0.4 is 0 Å². The van der Waals surface area contributed by atoms with E-state index in [2.05, 4.69) is 0 Å². The molecule has 0 fully saturated rings.